The van der Waals surface area contributed by atoms with E-state index in [2.05, 4.69) is 17.2 Å². The fraction of sp³-hybridized carbons (Fsp3) is 0.538. The maximum Gasteiger partial charge on any atom is 0.127 e. The van der Waals surface area contributed by atoms with Gasteiger partial charge in [0.05, 0.1) is 12.1 Å². The van der Waals surface area contributed by atoms with Crippen LogP contribution in [0.5, 0.6) is 0 Å². The summed E-state index contributed by atoms with van der Waals surface area (Å²) in [5, 5.41) is 3.37. The third-order valence-electron chi connectivity index (χ3n) is 3.14. The minimum absolute atomic E-state index is 0.237. The molecular formula is C13H19N3OS. The fourth-order valence-electron chi connectivity index (χ4n) is 2.21. The van der Waals surface area contributed by atoms with Gasteiger partial charge in [0.1, 0.15) is 10.8 Å². The average molecular weight is 265 g/mol. The van der Waals surface area contributed by atoms with Gasteiger partial charge in [-0.25, -0.2) is 4.98 Å². The van der Waals surface area contributed by atoms with Crippen LogP contribution < -0.4 is 11.1 Å². The molecule has 2 atom stereocenters. The number of ether oxygens (including phenoxy) is 1. The monoisotopic (exact) mass is 265 g/mol. The van der Waals surface area contributed by atoms with E-state index in [1.54, 1.807) is 0 Å². The second-order valence-electron chi connectivity index (χ2n) is 4.73. The number of hydrogen-bond donors (Lipinski definition) is 2. The highest BCUT2D eigenvalue weighted by Crippen LogP contribution is 2.19. The predicted octanol–water partition coefficient (Wildman–Crippen LogP) is 2.00. The van der Waals surface area contributed by atoms with Gasteiger partial charge in [0, 0.05) is 17.9 Å². The zero-order valence-corrected chi connectivity index (χ0v) is 11.6. The van der Waals surface area contributed by atoms with Gasteiger partial charge in [-0.05, 0) is 38.8 Å². The van der Waals surface area contributed by atoms with Crippen molar-refractivity contribution in [3.8, 4) is 0 Å². The van der Waals surface area contributed by atoms with Gasteiger partial charge in [-0.3, -0.25) is 0 Å². The minimum atomic E-state index is 0.237. The van der Waals surface area contributed by atoms with Crippen LogP contribution >= 0.6 is 12.2 Å². The Bertz CT molecular complexity index is 444. The number of rotatable bonds is 4. The topological polar surface area (TPSA) is 60.2 Å². The smallest absolute Gasteiger partial charge is 0.127 e. The van der Waals surface area contributed by atoms with Crippen molar-refractivity contribution in [3.63, 3.8) is 0 Å². The van der Waals surface area contributed by atoms with Gasteiger partial charge < -0.3 is 15.8 Å². The molecule has 0 spiro atoms. The third kappa shape index (κ3) is 3.17. The first kappa shape index (κ1) is 13.2. The van der Waals surface area contributed by atoms with Crippen LogP contribution in [0.2, 0.25) is 0 Å². The van der Waals surface area contributed by atoms with Crippen molar-refractivity contribution in [2.45, 2.75) is 38.8 Å². The predicted molar refractivity (Wildman–Crippen MR) is 76.9 cm³/mol. The Balaban J connectivity index is 2.10. The summed E-state index contributed by atoms with van der Waals surface area (Å²) < 4.78 is 5.65. The number of nitrogens with zero attached hydrogens (tertiary/aromatic N) is 1. The Hall–Kier alpha value is -1.20. The lowest BCUT2D eigenvalue weighted by Crippen LogP contribution is -2.30. The molecule has 1 aliphatic heterocycles. The first-order valence-electron chi connectivity index (χ1n) is 6.23. The largest absolute Gasteiger partial charge is 0.389 e. The average Bonchev–Trinajstić information content (AvgIpc) is 2.81. The Labute approximate surface area is 113 Å². The van der Waals surface area contributed by atoms with Crippen molar-refractivity contribution in [3.05, 3.63) is 23.4 Å². The van der Waals surface area contributed by atoms with Gasteiger partial charge in [0.25, 0.3) is 0 Å². The zero-order chi connectivity index (χ0) is 13.1. The van der Waals surface area contributed by atoms with Gasteiger partial charge >= 0.3 is 0 Å². The van der Waals surface area contributed by atoms with Crippen LogP contribution in [0.25, 0.3) is 0 Å². The van der Waals surface area contributed by atoms with Crippen molar-refractivity contribution in [2.24, 2.45) is 5.73 Å². The molecule has 2 unspecified atom stereocenters. The van der Waals surface area contributed by atoms with E-state index in [1.165, 1.54) is 0 Å². The number of nitrogens with one attached hydrogen (secondary N) is 1. The van der Waals surface area contributed by atoms with E-state index >= 15 is 0 Å². The maximum atomic E-state index is 5.66. The molecule has 0 aliphatic carbocycles. The molecule has 18 heavy (non-hydrogen) atoms. The highest BCUT2D eigenvalue weighted by molar-refractivity contribution is 7.80. The first-order valence-corrected chi connectivity index (χ1v) is 6.63. The van der Waals surface area contributed by atoms with Crippen LogP contribution in [0, 0.1) is 6.92 Å². The lowest BCUT2D eigenvalue weighted by molar-refractivity contribution is 0.0995. The van der Waals surface area contributed by atoms with E-state index in [4.69, 9.17) is 22.7 Å². The van der Waals surface area contributed by atoms with Crippen molar-refractivity contribution < 1.29 is 4.74 Å². The SMILES string of the molecule is Cc1cc(C(N)=S)cc(NC(C)C2CCCO2)n1. The lowest BCUT2D eigenvalue weighted by Gasteiger charge is -2.21. The van der Waals surface area contributed by atoms with Gasteiger partial charge in [0.15, 0.2) is 0 Å². The summed E-state index contributed by atoms with van der Waals surface area (Å²) in [6, 6.07) is 4.02. The molecule has 1 aliphatic rings. The molecule has 0 bridgehead atoms. The van der Waals surface area contributed by atoms with E-state index < -0.39 is 0 Å². The Morgan fingerprint density at radius 3 is 3.00 bits per heavy atom. The zero-order valence-electron chi connectivity index (χ0n) is 10.8. The first-order chi connectivity index (χ1) is 8.56. The number of aromatic nitrogens is 1. The molecule has 98 valence electrons. The van der Waals surface area contributed by atoms with Crippen molar-refractivity contribution >= 4 is 23.0 Å². The Kier molecular flexibility index (Phi) is 4.14. The second-order valence-corrected chi connectivity index (χ2v) is 5.17. The van der Waals surface area contributed by atoms with E-state index in [1.807, 2.05) is 19.1 Å². The van der Waals surface area contributed by atoms with Gasteiger partial charge in [-0.2, -0.15) is 0 Å². The Morgan fingerprint density at radius 2 is 2.39 bits per heavy atom. The van der Waals surface area contributed by atoms with Crippen LogP contribution in [-0.2, 0) is 4.74 Å². The molecule has 2 rings (SSSR count). The minimum Gasteiger partial charge on any atom is -0.389 e. The van der Waals surface area contributed by atoms with Crippen LogP contribution in [0.3, 0.4) is 0 Å². The standard InChI is InChI=1S/C13H19N3OS/c1-8-6-10(13(14)18)7-12(15-8)16-9(2)11-4-3-5-17-11/h6-7,9,11H,3-5H2,1-2H3,(H2,14,18)(H,15,16). The molecule has 0 saturated carbocycles. The summed E-state index contributed by atoms with van der Waals surface area (Å²) >= 11 is 5.00. The molecule has 1 fully saturated rings. The highest BCUT2D eigenvalue weighted by atomic mass is 32.1. The summed E-state index contributed by atoms with van der Waals surface area (Å²) in [6.45, 7) is 4.90. The molecule has 0 aromatic carbocycles. The Morgan fingerprint density at radius 1 is 1.61 bits per heavy atom. The van der Waals surface area contributed by atoms with E-state index in [0.717, 1.165) is 36.5 Å². The number of nitrogens with two attached hydrogens (primary N) is 1. The normalized spacial score (nSPS) is 20.7. The van der Waals surface area contributed by atoms with E-state index in [0.29, 0.717) is 4.99 Å². The van der Waals surface area contributed by atoms with Crippen molar-refractivity contribution in [2.75, 3.05) is 11.9 Å². The van der Waals surface area contributed by atoms with Gasteiger partial charge in [-0.15, -0.1) is 0 Å². The highest BCUT2D eigenvalue weighted by Gasteiger charge is 2.22. The van der Waals surface area contributed by atoms with Crippen LogP contribution in [0.4, 0.5) is 5.82 Å². The van der Waals surface area contributed by atoms with Crippen LogP contribution in [0.15, 0.2) is 12.1 Å². The number of hydrogen-bond acceptors (Lipinski definition) is 4. The molecule has 5 heteroatoms. The second kappa shape index (κ2) is 5.63. The number of pyridine rings is 1. The van der Waals surface area contributed by atoms with E-state index in [9.17, 15) is 0 Å². The van der Waals surface area contributed by atoms with E-state index in [-0.39, 0.29) is 12.1 Å². The summed E-state index contributed by atoms with van der Waals surface area (Å²) in [7, 11) is 0. The molecule has 0 radical (unpaired) electrons. The fourth-order valence-corrected chi connectivity index (χ4v) is 2.33. The molecule has 0 amide bonds. The summed E-state index contributed by atoms with van der Waals surface area (Å²) in [5.74, 6) is 0.806. The molecule has 4 nitrogen and oxygen atoms in total. The van der Waals surface area contributed by atoms with Crippen molar-refractivity contribution in [1.29, 1.82) is 0 Å². The van der Waals surface area contributed by atoms with Gasteiger partial charge in [-0.1, -0.05) is 12.2 Å². The van der Waals surface area contributed by atoms with Crippen LogP contribution in [-0.4, -0.2) is 28.7 Å². The number of anilines is 1. The van der Waals surface area contributed by atoms with Crippen molar-refractivity contribution in [1.82, 2.24) is 4.98 Å². The molecule has 1 aromatic rings. The molecule has 2 heterocycles. The summed E-state index contributed by atoms with van der Waals surface area (Å²) in [6.07, 6.45) is 2.50. The molecule has 1 saturated heterocycles. The van der Waals surface area contributed by atoms with Crippen LogP contribution in [0.1, 0.15) is 31.0 Å². The molecule has 3 N–H and O–H groups in total. The molecule has 1 aromatic heterocycles. The summed E-state index contributed by atoms with van der Waals surface area (Å²) in [4.78, 5) is 4.84. The van der Waals surface area contributed by atoms with Gasteiger partial charge in [0.2, 0.25) is 0 Å². The number of aryl methyl sites for hydroxylation is 1. The third-order valence-corrected chi connectivity index (χ3v) is 3.37. The maximum absolute atomic E-state index is 5.66. The molecular weight excluding hydrogens is 246 g/mol. The summed E-state index contributed by atoms with van der Waals surface area (Å²) in [5.41, 5.74) is 7.41. The lowest BCUT2D eigenvalue weighted by atomic mass is 10.1. The quantitative estimate of drug-likeness (QED) is 0.815. The number of thiocarbonyl (C=S) groups is 1.